The number of nitrogens with zero attached hydrogens (tertiary/aromatic N) is 1. The zero-order chi connectivity index (χ0) is 22.6. The van der Waals surface area contributed by atoms with Crippen LogP contribution < -0.4 is 5.64 Å². The van der Waals surface area contributed by atoms with E-state index in [2.05, 4.69) is 10.8 Å². The molecule has 0 fully saturated rings. The lowest BCUT2D eigenvalue weighted by Gasteiger charge is -2.04. The van der Waals surface area contributed by atoms with Gasteiger partial charge in [0.05, 0.1) is 6.61 Å². The molecule has 0 atom stereocenters. The van der Waals surface area contributed by atoms with Gasteiger partial charge in [-0.05, 0) is 79.0 Å². The minimum absolute atomic E-state index is 0.0357. The molecule has 0 heterocycles. The summed E-state index contributed by atoms with van der Waals surface area (Å²) in [7, 11) is 0. The van der Waals surface area contributed by atoms with Crippen LogP contribution in [-0.2, 0) is 19.3 Å². The Morgan fingerprint density at radius 3 is 2.10 bits per heavy atom. The minimum Gasteiger partial charge on any atom is -0.391 e. The highest BCUT2D eigenvalue weighted by atomic mass is 35.5. The fraction of sp³-hybridized carbons (Fsp3) is 0.217. The van der Waals surface area contributed by atoms with Gasteiger partial charge in [0.2, 0.25) is 0 Å². The van der Waals surface area contributed by atoms with Crippen molar-refractivity contribution < 1.29 is 19.3 Å². The number of nitrogens with one attached hydrogen (secondary N) is 1. The van der Waals surface area contributed by atoms with Crippen molar-refractivity contribution in [3.05, 3.63) is 80.8 Å². The predicted molar refractivity (Wildman–Crippen MR) is 125 cm³/mol. The van der Waals surface area contributed by atoms with Gasteiger partial charge in [-0.1, -0.05) is 58.7 Å². The summed E-state index contributed by atoms with van der Waals surface area (Å²) in [4.78, 5) is 26.7. The van der Waals surface area contributed by atoms with Crippen molar-refractivity contribution in [2.45, 2.75) is 20.8 Å². The summed E-state index contributed by atoms with van der Waals surface area (Å²) >= 11 is 12.0. The molecule has 1 N–H and O–H groups in total. The van der Waals surface area contributed by atoms with Gasteiger partial charge >= 0.3 is 5.97 Å². The van der Waals surface area contributed by atoms with Gasteiger partial charge < -0.3 is 9.68 Å². The third kappa shape index (κ3) is 8.94. The first-order valence-corrected chi connectivity index (χ1v) is 10.2. The molecule has 2 aromatic carbocycles. The molecule has 0 saturated heterocycles. The SMILES string of the molecule is CC(=NOC/C=C/c1cc(Cl)ccc1C)C(=O)ONOC/C=C/c1cc(Cl)ccc1C. The maximum absolute atomic E-state index is 11.8. The Balaban J connectivity index is 1.66. The Morgan fingerprint density at radius 1 is 0.968 bits per heavy atom. The van der Waals surface area contributed by atoms with Crippen LogP contribution in [0.1, 0.15) is 29.2 Å². The van der Waals surface area contributed by atoms with Crippen molar-refractivity contribution in [2.75, 3.05) is 13.2 Å². The molecule has 8 heteroatoms. The van der Waals surface area contributed by atoms with E-state index in [1.807, 2.05) is 62.4 Å². The van der Waals surface area contributed by atoms with Crippen molar-refractivity contribution in [3.63, 3.8) is 0 Å². The number of hydrogen-bond donors (Lipinski definition) is 1. The van der Waals surface area contributed by atoms with Crippen molar-refractivity contribution >= 4 is 47.0 Å². The zero-order valence-electron chi connectivity index (χ0n) is 17.5. The zero-order valence-corrected chi connectivity index (χ0v) is 19.0. The number of carbonyl (C=O) groups is 1. The van der Waals surface area contributed by atoms with Gasteiger partial charge in [-0.2, -0.15) is 0 Å². The molecule has 0 bridgehead atoms. The Hall–Kier alpha value is -2.64. The maximum atomic E-state index is 11.8. The third-order valence-electron chi connectivity index (χ3n) is 4.12. The van der Waals surface area contributed by atoms with E-state index in [9.17, 15) is 4.79 Å². The van der Waals surface area contributed by atoms with E-state index < -0.39 is 5.97 Å². The van der Waals surface area contributed by atoms with E-state index >= 15 is 0 Å². The Bertz CT molecular complexity index is 988. The summed E-state index contributed by atoms with van der Waals surface area (Å²) in [5, 5.41) is 5.03. The van der Waals surface area contributed by atoms with Crippen molar-refractivity contribution in [1.82, 2.24) is 5.64 Å². The van der Waals surface area contributed by atoms with Crippen LogP contribution in [0.2, 0.25) is 10.0 Å². The second-order valence-corrected chi connectivity index (χ2v) is 7.44. The Morgan fingerprint density at radius 2 is 1.52 bits per heavy atom. The smallest absolute Gasteiger partial charge is 0.376 e. The topological polar surface area (TPSA) is 69.2 Å². The molecule has 0 unspecified atom stereocenters. The molecule has 0 saturated carbocycles. The van der Waals surface area contributed by atoms with Gasteiger partial charge in [-0.3, -0.25) is 4.84 Å². The van der Waals surface area contributed by atoms with Crippen LogP contribution in [-0.4, -0.2) is 24.9 Å². The number of aryl methyl sites for hydroxylation is 2. The van der Waals surface area contributed by atoms with E-state index in [1.165, 1.54) is 6.92 Å². The fourth-order valence-corrected chi connectivity index (χ4v) is 2.73. The summed E-state index contributed by atoms with van der Waals surface area (Å²) in [6.07, 6.45) is 7.27. The van der Waals surface area contributed by atoms with E-state index in [4.69, 9.17) is 37.7 Å². The van der Waals surface area contributed by atoms with Crippen LogP contribution in [0.5, 0.6) is 0 Å². The van der Waals surface area contributed by atoms with Crippen LogP contribution in [0.3, 0.4) is 0 Å². The lowest BCUT2D eigenvalue weighted by molar-refractivity contribution is -0.180. The molecule has 31 heavy (non-hydrogen) atoms. The van der Waals surface area contributed by atoms with Gasteiger partial charge in [0, 0.05) is 10.0 Å². The summed E-state index contributed by atoms with van der Waals surface area (Å²) < 4.78 is 0. The molecule has 6 nitrogen and oxygen atoms in total. The lowest BCUT2D eigenvalue weighted by Crippen LogP contribution is -2.25. The average Bonchev–Trinajstić information content (AvgIpc) is 2.74. The van der Waals surface area contributed by atoms with Gasteiger partial charge in [-0.15, -0.1) is 0 Å². The number of benzene rings is 2. The van der Waals surface area contributed by atoms with Crippen LogP contribution >= 0.6 is 23.2 Å². The first-order valence-electron chi connectivity index (χ1n) is 9.46. The Labute approximate surface area is 192 Å². The molecule has 0 aliphatic heterocycles. The van der Waals surface area contributed by atoms with E-state index in [-0.39, 0.29) is 18.9 Å². The van der Waals surface area contributed by atoms with Gasteiger partial charge in [0.15, 0.2) is 5.71 Å². The number of hydrogen-bond acceptors (Lipinski definition) is 6. The summed E-state index contributed by atoms with van der Waals surface area (Å²) in [5.41, 5.74) is 6.30. The van der Waals surface area contributed by atoms with Crippen molar-refractivity contribution in [2.24, 2.45) is 5.16 Å². The van der Waals surface area contributed by atoms with Crippen LogP contribution in [0.15, 0.2) is 53.7 Å². The molecule has 2 rings (SSSR count). The van der Waals surface area contributed by atoms with Gasteiger partial charge in [-0.25, -0.2) is 4.79 Å². The quantitative estimate of drug-likeness (QED) is 0.278. The fourth-order valence-electron chi connectivity index (χ4n) is 2.37. The van der Waals surface area contributed by atoms with Crippen LogP contribution in [0.25, 0.3) is 12.2 Å². The molecule has 2 aromatic rings. The molecule has 0 spiro atoms. The molecule has 0 amide bonds. The van der Waals surface area contributed by atoms with Gasteiger partial charge in [0.25, 0.3) is 0 Å². The summed E-state index contributed by atoms with van der Waals surface area (Å²) in [5.74, 6) is -0.718. The predicted octanol–water partition coefficient (Wildman–Crippen LogP) is 5.71. The highest BCUT2D eigenvalue weighted by molar-refractivity contribution is 6.35. The molecule has 0 aromatic heterocycles. The first-order chi connectivity index (χ1) is 14.9. The van der Waals surface area contributed by atoms with Gasteiger partial charge in [0.1, 0.15) is 6.61 Å². The van der Waals surface area contributed by atoms with Crippen molar-refractivity contribution in [3.8, 4) is 0 Å². The molecular weight excluding hydrogens is 439 g/mol. The molecule has 164 valence electrons. The van der Waals surface area contributed by atoms with Crippen LogP contribution in [0.4, 0.5) is 0 Å². The molecule has 0 aliphatic rings. The number of rotatable bonds is 10. The summed E-state index contributed by atoms with van der Waals surface area (Å²) in [6.45, 7) is 5.80. The number of halogens is 2. The highest BCUT2D eigenvalue weighted by Crippen LogP contribution is 2.17. The monoisotopic (exact) mass is 462 g/mol. The van der Waals surface area contributed by atoms with Crippen LogP contribution in [0, 0.1) is 13.8 Å². The van der Waals surface area contributed by atoms with E-state index in [1.54, 1.807) is 12.2 Å². The molecular formula is C23H24Cl2N2O4. The number of oxime groups is 1. The van der Waals surface area contributed by atoms with E-state index in [0.717, 1.165) is 22.3 Å². The normalized spacial score (nSPS) is 12.0. The highest BCUT2D eigenvalue weighted by Gasteiger charge is 2.08. The standard InChI is InChI=1S/C23H24Cl2N2O4/c1-16-8-10-21(24)14-19(16)6-4-12-29-26-18(3)23(28)31-27-30-13-5-7-20-15-22(25)11-9-17(20)2/h4-11,14-15,27H,12-13H2,1-3H3/b6-4+,7-5+,26-18?. The maximum Gasteiger partial charge on any atom is 0.376 e. The average molecular weight is 463 g/mol. The Kier molecular flexibility index (Phi) is 10.3. The summed E-state index contributed by atoms with van der Waals surface area (Å²) in [6, 6.07) is 11.2. The second-order valence-electron chi connectivity index (χ2n) is 6.56. The molecule has 0 radical (unpaired) electrons. The first kappa shape index (κ1) is 24.6. The lowest BCUT2D eigenvalue weighted by atomic mass is 10.1. The second kappa shape index (κ2) is 12.9. The third-order valence-corrected chi connectivity index (χ3v) is 4.59. The van der Waals surface area contributed by atoms with Crippen molar-refractivity contribution in [1.29, 1.82) is 0 Å². The molecule has 0 aliphatic carbocycles. The largest absolute Gasteiger partial charge is 0.391 e. The minimum atomic E-state index is -0.718. The number of carbonyl (C=O) groups excluding carboxylic acids is 1. The van der Waals surface area contributed by atoms with E-state index in [0.29, 0.717) is 10.0 Å².